The van der Waals surface area contributed by atoms with Crippen LogP contribution in [0, 0.1) is 52.3 Å². The monoisotopic (exact) mass is 1420 g/mol. The summed E-state index contributed by atoms with van der Waals surface area (Å²) in [7, 11) is 0. The molecular formula is C63H106O35. The zero-order valence-corrected chi connectivity index (χ0v) is 55.1. The first-order chi connectivity index (χ1) is 46.4. The van der Waals surface area contributed by atoms with E-state index in [0.717, 1.165) is 32.1 Å². The average molecular weight is 1420 g/mol. The maximum atomic E-state index is 12.2. The molecule has 35 heteroatoms. The second-order valence-corrected chi connectivity index (χ2v) is 30.0. The van der Waals surface area contributed by atoms with Crippen molar-refractivity contribution in [3.8, 4) is 0 Å². The highest BCUT2D eigenvalue weighted by Gasteiger charge is 2.69. The van der Waals surface area contributed by atoms with Gasteiger partial charge in [0.1, 0.15) is 146 Å². The zero-order chi connectivity index (χ0) is 71.1. The normalized spacial score (nSPS) is 55.5. The molecule has 0 aromatic rings. The third-order valence-electron chi connectivity index (χ3n) is 24.4. The first-order valence-electron chi connectivity index (χ1n) is 34.5. The highest BCUT2D eigenvalue weighted by atomic mass is 16.8. The molecule has 0 bridgehead atoms. The van der Waals surface area contributed by atoms with E-state index in [4.69, 9.17) is 61.6 Å². The number of fused-ring (bicyclic) bond motifs is 7. The van der Waals surface area contributed by atoms with Crippen LogP contribution < -0.4 is 0 Å². The fourth-order valence-electron chi connectivity index (χ4n) is 18.6. The molecule has 7 heterocycles. The van der Waals surface area contributed by atoms with Crippen LogP contribution in [0.3, 0.4) is 0 Å². The van der Waals surface area contributed by atoms with Crippen molar-refractivity contribution in [1.29, 1.82) is 0 Å². The Labute approximate surface area is 564 Å². The molecule has 7 saturated heterocycles. The van der Waals surface area contributed by atoms with Crippen LogP contribution in [0.4, 0.5) is 0 Å². The van der Waals surface area contributed by atoms with Gasteiger partial charge in [-0.05, 0) is 97.7 Å². The van der Waals surface area contributed by atoms with Crippen molar-refractivity contribution in [1.82, 2.24) is 0 Å². The summed E-state index contributed by atoms with van der Waals surface area (Å²) in [6.45, 7) is 3.13. The molecule has 4 aliphatic carbocycles. The van der Waals surface area contributed by atoms with E-state index in [0.29, 0.717) is 25.7 Å². The average Bonchev–Trinajstić information content (AvgIpc) is 1.41. The van der Waals surface area contributed by atoms with Gasteiger partial charge in [0.2, 0.25) is 0 Å². The SMILES string of the molecule is C[C@H](CCC1(O)O[C@H]2C[C@H]3[C@@H]4CC[C@H]5C[C@@H](O[C@@H]6O[C@H](CO)[C@H](O[C@@H]7O[C@H](CO)[C@@H](O)[C@H](O[C@@H]8O[C@H](CO)[C@@H](O)[C@H](O)[C@H]8O)[C@H]7O[C@@H]7O[C@H](CO)[C@@H](O)[C@H](O[C@@H]8O[C@H](CO)[C@@H](O)[C@H](O)[C@H]8O)[C@H]7O)[C@H](O)[C@H]6O)[C@H](O)C[C@]5(C)[C@H]4CC[C@]3(C)[C@H]2[C@@H]1C)CO[C@@H]1O[C@H](CO)[C@@H](O)[C@H](O)[C@H]1O. The Hall–Kier alpha value is -1.40. The number of hydrogen-bond acceptors (Lipinski definition) is 35. The van der Waals surface area contributed by atoms with E-state index >= 15 is 0 Å². The topological polar surface area (TPSA) is 565 Å². The molecule has 35 nitrogen and oxygen atoms in total. The molecule has 11 fully saturated rings. The Bertz CT molecular complexity index is 2550. The van der Waals surface area contributed by atoms with E-state index < -0.39 is 242 Å². The highest BCUT2D eigenvalue weighted by Crippen LogP contribution is 2.71. The molecule has 11 rings (SSSR count). The summed E-state index contributed by atoms with van der Waals surface area (Å²) in [6.07, 6.45) is -52.7. The predicted molar refractivity (Wildman–Crippen MR) is 318 cm³/mol. The van der Waals surface area contributed by atoms with Gasteiger partial charge >= 0.3 is 0 Å². The lowest BCUT2D eigenvalue weighted by Gasteiger charge is -2.62. The molecule has 0 radical (unpaired) electrons. The Morgan fingerprint density at radius 1 is 0.429 bits per heavy atom. The molecule has 4 saturated carbocycles. The van der Waals surface area contributed by atoms with Gasteiger partial charge in [0.05, 0.1) is 64.6 Å². The maximum Gasteiger partial charge on any atom is 0.187 e. The van der Waals surface area contributed by atoms with Crippen LogP contribution in [0.1, 0.15) is 85.5 Å². The first-order valence-corrected chi connectivity index (χ1v) is 34.5. The third-order valence-corrected chi connectivity index (χ3v) is 24.4. The molecule has 568 valence electrons. The van der Waals surface area contributed by atoms with Crippen LogP contribution in [-0.4, -0.2) is 367 Å². The summed E-state index contributed by atoms with van der Waals surface area (Å²) in [6, 6.07) is 0. The fourth-order valence-corrected chi connectivity index (χ4v) is 18.6. The summed E-state index contributed by atoms with van der Waals surface area (Å²) in [5.41, 5.74) is -0.528. The number of ether oxygens (including phenoxy) is 13. The van der Waals surface area contributed by atoms with Gasteiger partial charge in [-0.3, -0.25) is 0 Å². The highest BCUT2D eigenvalue weighted by molar-refractivity contribution is 5.16. The van der Waals surface area contributed by atoms with Crippen LogP contribution in [0.2, 0.25) is 0 Å². The van der Waals surface area contributed by atoms with Crippen LogP contribution in [0.15, 0.2) is 0 Å². The molecule has 22 N–H and O–H groups in total. The summed E-state index contributed by atoms with van der Waals surface area (Å²) in [4.78, 5) is 0. The molecule has 0 aromatic heterocycles. The molecule has 0 amide bonds. The number of aliphatic hydroxyl groups is 22. The molecule has 7 aliphatic heterocycles. The van der Waals surface area contributed by atoms with Crippen LogP contribution >= 0.6 is 0 Å². The van der Waals surface area contributed by atoms with Crippen molar-refractivity contribution >= 4 is 0 Å². The van der Waals surface area contributed by atoms with Crippen molar-refractivity contribution in [3.05, 3.63) is 0 Å². The summed E-state index contributed by atoms with van der Waals surface area (Å²) in [5.74, 6) is -0.945. The Morgan fingerprint density at radius 3 is 1.44 bits per heavy atom. The number of aliphatic hydroxyl groups excluding tert-OH is 21. The van der Waals surface area contributed by atoms with Crippen molar-refractivity contribution in [2.24, 2.45) is 52.3 Å². The molecule has 98 heavy (non-hydrogen) atoms. The van der Waals surface area contributed by atoms with Gasteiger partial charge in [-0.2, -0.15) is 0 Å². The molecule has 0 spiro atoms. The zero-order valence-electron chi connectivity index (χ0n) is 55.1. The first kappa shape index (κ1) is 77.7. The van der Waals surface area contributed by atoms with Gasteiger partial charge in [-0.25, -0.2) is 0 Å². The van der Waals surface area contributed by atoms with Gasteiger partial charge in [-0.15, -0.1) is 0 Å². The van der Waals surface area contributed by atoms with Crippen molar-refractivity contribution in [2.75, 3.05) is 46.2 Å². The van der Waals surface area contributed by atoms with Crippen molar-refractivity contribution < 1.29 is 174 Å². The predicted octanol–water partition coefficient (Wildman–Crippen LogP) is -9.34. The molecule has 1 unspecified atom stereocenters. The second-order valence-electron chi connectivity index (χ2n) is 30.0. The minimum atomic E-state index is -2.27. The van der Waals surface area contributed by atoms with E-state index in [1.54, 1.807) is 0 Å². The Kier molecular flexibility index (Phi) is 24.7. The van der Waals surface area contributed by atoms with Gasteiger partial charge in [0.15, 0.2) is 43.5 Å². The number of hydrogen-bond donors (Lipinski definition) is 22. The lowest BCUT2D eigenvalue weighted by atomic mass is 9.44. The van der Waals surface area contributed by atoms with E-state index in [2.05, 4.69) is 13.8 Å². The minimum Gasteiger partial charge on any atom is -0.394 e. The fraction of sp³-hybridized carbons (Fsp3) is 1.00. The van der Waals surface area contributed by atoms with Crippen molar-refractivity contribution in [2.45, 2.75) is 294 Å². The van der Waals surface area contributed by atoms with Gasteiger partial charge < -0.3 is 174 Å². The lowest BCUT2D eigenvalue weighted by molar-refractivity contribution is -0.412. The molecule has 11 aliphatic rings. The lowest BCUT2D eigenvalue weighted by Crippen LogP contribution is -2.69. The smallest absolute Gasteiger partial charge is 0.187 e. The van der Waals surface area contributed by atoms with E-state index in [-0.39, 0.29) is 65.0 Å². The Morgan fingerprint density at radius 2 is 0.878 bits per heavy atom. The standard InChI is InChI=1S/C63H106O35/c1-21(20-86-55-46(80)42(76)37(71)30(14-64)88-55)7-10-63(85)22(2)36-29(98-63)12-26-24-6-5-23-11-28(27(70)13-62(23,4)25(24)8-9-61(26,36)3)87-56-49(83)45(79)51(35(19-69)93-56)94-60-54(53(41(75)34(18-68)92-60)96-58-48(82)44(78)39(73)32(16-66)90-58)97-59-50(84)52(40(74)33(17-67)91-59)95-57-47(81)43(77)38(72)31(15-65)89-57/h21-60,64-85H,5-20H2,1-4H3/t21-,22+,23+,24-,25+,26+,27-,28-,29+,30-,31-,32-,33-,34-,35-,36+,37-,38-,39-,40-,41-,42+,43+,44+,45-,46-,47-,48-,49-,50-,51+,52+,53+,54-,55-,56-,57+,58+,59+,60+,61+,62+,63?/m1/s1. The van der Waals surface area contributed by atoms with E-state index in [1.165, 1.54) is 0 Å². The molecular weight excluding hydrogens is 1320 g/mol. The van der Waals surface area contributed by atoms with Gasteiger partial charge in [0, 0.05) is 12.3 Å². The molecule has 0 aromatic carbocycles. The van der Waals surface area contributed by atoms with E-state index in [1.807, 2.05) is 13.8 Å². The van der Waals surface area contributed by atoms with Crippen molar-refractivity contribution in [3.63, 3.8) is 0 Å². The minimum absolute atomic E-state index is 0.0234. The molecule has 43 atom stereocenters. The van der Waals surface area contributed by atoms with Crippen LogP contribution in [0.5, 0.6) is 0 Å². The largest absolute Gasteiger partial charge is 0.394 e. The van der Waals surface area contributed by atoms with Crippen LogP contribution in [-0.2, 0) is 61.6 Å². The summed E-state index contributed by atoms with van der Waals surface area (Å²) < 4.78 is 77.7. The summed E-state index contributed by atoms with van der Waals surface area (Å²) >= 11 is 0. The number of rotatable bonds is 22. The third kappa shape index (κ3) is 14.3. The van der Waals surface area contributed by atoms with E-state index in [9.17, 15) is 112 Å². The quantitative estimate of drug-likeness (QED) is 0.0448. The second kappa shape index (κ2) is 31.2. The Balaban J connectivity index is 0.752. The summed E-state index contributed by atoms with van der Waals surface area (Å²) in [5, 5.41) is 240. The van der Waals surface area contributed by atoms with Gasteiger partial charge in [-0.1, -0.05) is 27.7 Å². The van der Waals surface area contributed by atoms with Crippen LogP contribution in [0.25, 0.3) is 0 Å². The van der Waals surface area contributed by atoms with Gasteiger partial charge in [0.25, 0.3) is 0 Å². The maximum absolute atomic E-state index is 12.2.